The number of nitrogens with one attached hydrogen (secondary N) is 2. The van der Waals surface area contributed by atoms with Crippen LogP contribution in [0.1, 0.15) is 13.8 Å². The topological polar surface area (TPSA) is 58.2 Å². The van der Waals surface area contributed by atoms with E-state index in [4.69, 9.17) is 0 Å². The third-order valence-corrected chi connectivity index (χ3v) is 1.16. The number of carbonyl (C=O) groups is 2. The second-order valence-corrected chi connectivity index (χ2v) is 3.06. The van der Waals surface area contributed by atoms with Gasteiger partial charge in [0.05, 0.1) is 0 Å². The predicted octanol–water partition coefficient (Wildman–Crippen LogP) is 1.03. The van der Waals surface area contributed by atoms with Gasteiger partial charge < -0.3 is 5.32 Å². The van der Waals surface area contributed by atoms with E-state index in [1.165, 1.54) is 0 Å². The largest absolute Gasteiger partial charge is 0.471 e. The van der Waals surface area contributed by atoms with Crippen molar-refractivity contribution in [1.82, 2.24) is 10.6 Å². The fraction of sp³-hybridized carbons (Fsp3) is 0.714. The van der Waals surface area contributed by atoms with Gasteiger partial charge >= 0.3 is 18.1 Å². The Hall–Kier alpha value is -1.27. The highest BCUT2D eigenvalue weighted by Gasteiger charge is 2.39. The van der Waals surface area contributed by atoms with Crippen LogP contribution in [0.15, 0.2) is 0 Å². The molecule has 0 heterocycles. The third kappa shape index (κ3) is 5.39. The summed E-state index contributed by atoms with van der Waals surface area (Å²) in [6.45, 7) is 3.74. The molecule has 0 aliphatic carbocycles. The zero-order valence-electron chi connectivity index (χ0n) is 7.73. The fourth-order valence-corrected chi connectivity index (χ4v) is 0.515. The van der Waals surface area contributed by atoms with Crippen LogP contribution in [0.4, 0.5) is 18.0 Å². The van der Waals surface area contributed by atoms with Gasteiger partial charge in [-0.3, -0.25) is 10.1 Å². The molecule has 0 unspecified atom stereocenters. The van der Waals surface area contributed by atoms with Crippen LogP contribution in [0.3, 0.4) is 0 Å². The van der Waals surface area contributed by atoms with Gasteiger partial charge in [0.25, 0.3) is 0 Å². The molecular formula is C7H11F3N2O2. The Morgan fingerprint density at radius 2 is 1.79 bits per heavy atom. The van der Waals surface area contributed by atoms with E-state index in [0.29, 0.717) is 0 Å². The molecule has 82 valence electrons. The van der Waals surface area contributed by atoms with Crippen LogP contribution in [0, 0.1) is 5.92 Å². The van der Waals surface area contributed by atoms with E-state index in [0.717, 1.165) is 5.32 Å². The lowest BCUT2D eigenvalue weighted by atomic mass is 10.2. The van der Waals surface area contributed by atoms with Crippen molar-refractivity contribution in [3.8, 4) is 0 Å². The minimum atomic E-state index is -5.03. The number of rotatable bonds is 2. The number of hydrogen-bond donors (Lipinski definition) is 2. The molecule has 0 aliphatic rings. The van der Waals surface area contributed by atoms with Crippen molar-refractivity contribution < 1.29 is 22.8 Å². The van der Waals surface area contributed by atoms with Crippen LogP contribution >= 0.6 is 0 Å². The van der Waals surface area contributed by atoms with Crippen LogP contribution in [-0.2, 0) is 4.79 Å². The van der Waals surface area contributed by atoms with E-state index in [1.807, 2.05) is 0 Å². The van der Waals surface area contributed by atoms with Gasteiger partial charge in [-0.15, -0.1) is 0 Å². The molecule has 0 rings (SSSR count). The minimum absolute atomic E-state index is 0.0988. The lowest BCUT2D eigenvalue weighted by molar-refractivity contribution is -0.172. The molecule has 0 saturated heterocycles. The van der Waals surface area contributed by atoms with Crippen molar-refractivity contribution >= 4 is 11.9 Å². The average molecular weight is 212 g/mol. The van der Waals surface area contributed by atoms with Gasteiger partial charge in [0.15, 0.2) is 0 Å². The Morgan fingerprint density at radius 1 is 1.29 bits per heavy atom. The molecule has 0 aromatic heterocycles. The number of imide groups is 1. The maximum atomic E-state index is 11.6. The predicted molar refractivity (Wildman–Crippen MR) is 42.4 cm³/mol. The van der Waals surface area contributed by atoms with Gasteiger partial charge in [-0.2, -0.15) is 13.2 Å². The zero-order chi connectivity index (χ0) is 11.4. The molecule has 0 aromatic carbocycles. The number of hydrogen-bond acceptors (Lipinski definition) is 2. The smallest absolute Gasteiger partial charge is 0.338 e. The molecule has 0 aromatic rings. The molecule has 0 atom stereocenters. The molecule has 0 radical (unpaired) electrons. The summed E-state index contributed by atoms with van der Waals surface area (Å²) >= 11 is 0. The van der Waals surface area contributed by atoms with Gasteiger partial charge in [0.1, 0.15) is 0 Å². The first kappa shape index (κ1) is 12.7. The standard InChI is InChI=1S/C7H11F3N2O2/c1-4(2)3-11-6(14)12-5(13)7(8,9)10/h4H,3H2,1-2H3,(H2,11,12,13,14). The summed E-state index contributed by atoms with van der Waals surface area (Å²) in [5, 5.41) is 3.28. The summed E-state index contributed by atoms with van der Waals surface area (Å²) < 4.78 is 34.8. The summed E-state index contributed by atoms with van der Waals surface area (Å²) in [6, 6.07) is -1.14. The summed E-state index contributed by atoms with van der Waals surface area (Å²) in [5.74, 6) is -2.17. The van der Waals surface area contributed by atoms with Gasteiger partial charge in [-0.25, -0.2) is 4.79 Å². The molecule has 14 heavy (non-hydrogen) atoms. The van der Waals surface area contributed by atoms with Crippen molar-refractivity contribution in [3.05, 3.63) is 0 Å². The Bertz CT molecular complexity index is 225. The second kappa shape index (κ2) is 4.83. The van der Waals surface area contributed by atoms with Gasteiger partial charge in [-0.1, -0.05) is 13.8 Å². The molecule has 2 N–H and O–H groups in total. The molecule has 7 heteroatoms. The molecule has 0 fully saturated rings. The lowest BCUT2D eigenvalue weighted by Crippen LogP contribution is -2.46. The van der Waals surface area contributed by atoms with Crippen molar-refractivity contribution in [3.63, 3.8) is 0 Å². The fourth-order valence-electron chi connectivity index (χ4n) is 0.515. The average Bonchev–Trinajstić information content (AvgIpc) is 1.99. The monoisotopic (exact) mass is 212 g/mol. The van der Waals surface area contributed by atoms with Gasteiger partial charge in [0, 0.05) is 6.54 Å². The van der Waals surface area contributed by atoms with E-state index < -0.39 is 18.1 Å². The number of alkyl halides is 3. The van der Waals surface area contributed by atoms with E-state index in [2.05, 4.69) is 5.32 Å². The summed E-state index contributed by atoms with van der Waals surface area (Å²) in [7, 11) is 0. The highest BCUT2D eigenvalue weighted by Crippen LogP contribution is 2.13. The maximum absolute atomic E-state index is 11.6. The van der Waals surface area contributed by atoms with Crippen molar-refractivity contribution in [2.75, 3.05) is 6.54 Å². The Morgan fingerprint density at radius 3 is 2.14 bits per heavy atom. The highest BCUT2D eigenvalue weighted by molar-refractivity contribution is 5.96. The van der Waals surface area contributed by atoms with Crippen LogP contribution in [0.2, 0.25) is 0 Å². The molecule has 0 aliphatic heterocycles. The Balaban J connectivity index is 3.90. The van der Waals surface area contributed by atoms with E-state index in [9.17, 15) is 22.8 Å². The van der Waals surface area contributed by atoms with E-state index in [-0.39, 0.29) is 12.5 Å². The summed E-state index contributed by atoms with van der Waals surface area (Å²) in [5.41, 5.74) is 0. The molecule has 3 amide bonds. The van der Waals surface area contributed by atoms with E-state index >= 15 is 0 Å². The van der Waals surface area contributed by atoms with E-state index in [1.54, 1.807) is 13.8 Å². The zero-order valence-corrected chi connectivity index (χ0v) is 7.73. The maximum Gasteiger partial charge on any atom is 0.471 e. The summed E-state index contributed by atoms with van der Waals surface area (Å²) in [6.07, 6.45) is -5.03. The number of urea groups is 1. The quantitative estimate of drug-likeness (QED) is 0.718. The number of amides is 3. The molecule has 0 bridgehead atoms. The molecule has 0 spiro atoms. The third-order valence-electron chi connectivity index (χ3n) is 1.16. The highest BCUT2D eigenvalue weighted by atomic mass is 19.4. The van der Waals surface area contributed by atoms with Crippen molar-refractivity contribution in [1.29, 1.82) is 0 Å². The molecule has 0 saturated carbocycles. The van der Waals surface area contributed by atoms with Crippen LogP contribution in [0.25, 0.3) is 0 Å². The minimum Gasteiger partial charge on any atom is -0.338 e. The number of carbonyl (C=O) groups excluding carboxylic acids is 2. The normalized spacial score (nSPS) is 11.3. The lowest BCUT2D eigenvalue weighted by Gasteiger charge is -2.09. The first-order valence-corrected chi connectivity index (χ1v) is 3.89. The van der Waals surface area contributed by atoms with Crippen molar-refractivity contribution in [2.24, 2.45) is 5.92 Å². The van der Waals surface area contributed by atoms with Crippen LogP contribution in [-0.4, -0.2) is 24.7 Å². The SMILES string of the molecule is CC(C)CNC(=O)NC(=O)C(F)(F)F. The first-order chi connectivity index (χ1) is 6.23. The van der Waals surface area contributed by atoms with Gasteiger partial charge in [-0.05, 0) is 5.92 Å². The summed E-state index contributed by atoms with van der Waals surface area (Å²) in [4.78, 5) is 20.9. The van der Waals surface area contributed by atoms with Crippen molar-refractivity contribution in [2.45, 2.75) is 20.0 Å². The first-order valence-electron chi connectivity index (χ1n) is 3.89. The van der Waals surface area contributed by atoms with Crippen LogP contribution in [0.5, 0.6) is 0 Å². The number of halogens is 3. The van der Waals surface area contributed by atoms with Gasteiger partial charge in [0.2, 0.25) is 0 Å². The molecular weight excluding hydrogens is 201 g/mol. The Kier molecular flexibility index (Phi) is 4.39. The Labute approximate surface area is 78.8 Å². The van der Waals surface area contributed by atoms with Crippen LogP contribution < -0.4 is 10.6 Å². The second-order valence-electron chi connectivity index (χ2n) is 3.06. The molecule has 4 nitrogen and oxygen atoms in total.